The first-order chi connectivity index (χ1) is 9.38. The highest BCUT2D eigenvalue weighted by Crippen LogP contribution is 2.27. The fourth-order valence-corrected chi connectivity index (χ4v) is 2.67. The van der Waals surface area contributed by atoms with Crippen molar-refractivity contribution in [1.82, 2.24) is 15.1 Å². The van der Waals surface area contributed by atoms with Crippen LogP contribution in [0.2, 0.25) is 0 Å². The minimum Gasteiger partial charge on any atom is -0.381 e. The molecule has 0 radical (unpaired) electrons. The summed E-state index contributed by atoms with van der Waals surface area (Å²) in [6.45, 7) is 1.69. The summed E-state index contributed by atoms with van der Waals surface area (Å²) >= 11 is 0. The zero-order chi connectivity index (χ0) is 13.1. The van der Waals surface area contributed by atoms with Crippen molar-refractivity contribution >= 4 is 0 Å². The number of hydrogen-bond donors (Lipinski definition) is 1. The Morgan fingerprint density at radius 2 is 2.16 bits per heavy atom. The summed E-state index contributed by atoms with van der Waals surface area (Å²) in [6.07, 6.45) is 3.12. The third-order valence-corrected chi connectivity index (χ3v) is 3.70. The van der Waals surface area contributed by atoms with E-state index in [1.807, 2.05) is 36.1 Å². The number of hydrogen-bond acceptors (Lipinski definition) is 3. The average Bonchev–Trinajstić information content (AvgIpc) is 3.12. The number of benzene rings is 1. The van der Waals surface area contributed by atoms with E-state index in [9.17, 15) is 0 Å². The fourth-order valence-electron chi connectivity index (χ4n) is 2.67. The van der Waals surface area contributed by atoms with Crippen LogP contribution in [0.15, 0.2) is 42.6 Å². The molecule has 2 heterocycles. The van der Waals surface area contributed by atoms with Crippen LogP contribution in [0.1, 0.15) is 18.2 Å². The number of aromatic nitrogens is 2. The topological polar surface area (TPSA) is 39.1 Å². The molecule has 4 heteroatoms. The molecule has 0 bridgehead atoms. The van der Waals surface area contributed by atoms with Crippen LogP contribution in [0.4, 0.5) is 0 Å². The van der Waals surface area contributed by atoms with Crippen molar-refractivity contribution in [3.8, 4) is 5.69 Å². The summed E-state index contributed by atoms with van der Waals surface area (Å²) in [5.74, 6) is 0.518. The molecule has 1 N–H and O–H groups in total. The Labute approximate surface area is 113 Å². The third kappa shape index (κ3) is 2.55. The van der Waals surface area contributed by atoms with Gasteiger partial charge in [0.15, 0.2) is 0 Å². The largest absolute Gasteiger partial charge is 0.381 e. The molecule has 100 valence electrons. The molecule has 0 amide bonds. The Kier molecular flexibility index (Phi) is 3.62. The number of nitrogens with zero attached hydrogens (tertiary/aromatic N) is 2. The van der Waals surface area contributed by atoms with E-state index in [2.05, 4.69) is 23.5 Å². The van der Waals surface area contributed by atoms with Crippen molar-refractivity contribution in [2.45, 2.75) is 12.5 Å². The zero-order valence-electron chi connectivity index (χ0n) is 11.1. The fraction of sp³-hybridized carbons (Fsp3) is 0.400. The standard InChI is InChI=1S/C15H19N3O/c1-16-15(12-8-10-19-11-12)14-7-9-18(17-14)13-5-3-2-4-6-13/h2-7,9,12,15-16H,8,10-11H2,1H3. The van der Waals surface area contributed by atoms with E-state index in [1.54, 1.807) is 0 Å². The second kappa shape index (κ2) is 5.55. The molecular formula is C15H19N3O. The minimum atomic E-state index is 0.271. The van der Waals surface area contributed by atoms with Gasteiger partial charge in [-0.1, -0.05) is 18.2 Å². The van der Waals surface area contributed by atoms with Gasteiger partial charge in [-0.3, -0.25) is 0 Å². The molecule has 2 atom stereocenters. The van der Waals surface area contributed by atoms with Gasteiger partial charge in [0.25, 0.3) is 0 Å². The smallest absolute Gasteiger partial charge is 0.0802 e. The highest BCUT2D eigenvalue weighted by atomic mass is 16.5. The maximum Gasteiger partial charge on any atom is 0.0802 e. The van der Waals surface area contributed by atoms with Gasteiger partial charge in [0.2, 0.25) is 0 Å². The molecule has 0 saturated carbocycles. The van der Waals surface area contributed by atoms with E-state index >= 15 is 0 Å². The molecule has 2 unspecified atom stereocenters. The van der Waals surface area contributed by atoms with Gasteiger partial charge < -0.3 is 10.1 Å². The van der Waals surface area contributed by atoms with Crippen LogP contribution in [0.25, 0.3) is 5.69 Å². The summed E-state index contributed by atoms with van der Waals surface area (Å²) in [6, 6.07) is 12.5. The van der Waals surface area contributed by atoms with E-state index in [0.29, 0.717) is 5.92 Å². The number of nitrogens with one attached hydrogen (secondary N) is 1. The SMILES string of the molecule is CNC(c1ccn(-c2ccccc2)n1)C1CCOC1. The van der Waals surface area contributed by atoms with Crippen LogP contribution in [0.3, 0.4) is 0 Å². The first kappa shape index (κ1) is 12.4. The summed E-state index contributed by atoms with van der Waals surface area (Å²) in [7, 11) is 1.99. The molecule has 1 aromatic heterocycles. The molecule has 0 spiro atoms. The number of ether oxygens (including phenoxy) is 1. The van der Waals surface area contributed by atoms with Gasteiger partial charge in [-0.25, -0.2) is 4.68 Å². The molecule has 1 aromatic carbocycles. The number of para-hydroxylation sites is 1. The molecule has 0 aliphatic carbocycles. The highest BCUT2D eigenvalue weighted by Gasteiger charge is 2.27. The van der Waals surface area contributed by atoms with E-state index in [1.165, 1.54) is 0 Å². The quantitative estimate of drug-likeness (QED) is 0.912. The van der Waals surface area contributed by atoms with Gasteiger partial charge in [0.05, 0.1) is 24.0 Å². The Balaban J connectivity index is 1.83. The van der Waals surface area contributed by atoms with E-state index < -0.39 is 0 Å². The summed E-state index contributed by atoms with van der Waals surface area (Å²) < 4.78 is 7.40. The van der Waals surface area contributed by atoms with Crippen LogP contribution in [0.5, 0.6) is 0 Å². The normalized spacial score (nSPS) is 20.6. The van der Waals surface area contributed by atoms with Gasteiger partial charge in [-0.2, -0.15) is 5.10 Å². The van der Waals surface area contributed by atoms with Crippen LogP contribution in [-0.4, -0.2) is 30.0 Å². The minimum absolute atomic E-state index is 0.271. The van der Waals surface area contributed by atoms with E-state index in [0.717, 1.165) is 31.0 Å². The van der Waals surface area contributed by atoms with E-state index in [-0.39, 0.29) is 6.04 Å². The maximum absolute atomic E-state index is 5.48. The first-order valence-corrected chi connectivity index (χ1v) is 6.74. The van der Waals surface area contributed by atoms with Crippen molar-refractivity contribution in [2.24, 2.45) is 5.92 Å². The van der Waals surface area contributed by atoms with Crippen molar-refractivity contribution in [3.05, 3.63) is 48.3 Å². The lowest BCUT2D eigenvalue weighted by molar-refractivity contribution is 0.177. The maximum atomic E-state index is 5.48. The predicted octanol–water partition coefficient (Wildman–Crippen LogP) is 2.17. The van der Waals surface area contributed by atoms with Gasteiger partial charge in [0.1, 0.15) is 0 Å². The summed E-state index contributed by atoms with van der Waals surface area (Å²) in [4.78, 5) is 0. The van der Waals surface area contributed by atoms with Gasteiger partial charge in [-0.05, 0) is 31.7 Å². The lowest BCUT2D eigenvalue weighted by Crippen LogP contribution is -2.26. The van der Waals surface area contributed by atoms with Crippen molar-refractivity contribution in [1.29, 1.82) is 0 Å². The molecular weight excluding hydrogens is 238 g/mol. The van der Waals surface area contributed by atoms with Gasteiger partial charge >= 0.3 is 0 Å². The van der Waals surface area contributed by atoms with Crippen LogP contribution < -0.4 is 5.32 Å². The highest BCUT2D eigenvalue weighted by molar-refractivity contribution is 5.30. The third-order valence-electron chi connectivity index (χ3n) is 3.70. The molecule has 1 fully saturated rings. The molecule has 4 nitrogen and oxygen atoms in total. The van der Waals surface area contributed by atoms with Crippen LogP contribution in [-0.2, 0) is 4.74 Å². The Hall–Kier alpha value is -1.65. The van der Waals surface area contributed by atoms with Crippen LogP contribution >= 0.6 is 0 Å². The lowest BCUT2D eigenvalue weighted by atomic mass is 9.96. The molecule has 19 heavy (non-hydrogen) atoms. The van der Waals surface area contributed by atoms with Crippen molar-refractivity contribution in [3.63, 3.8) is 0 Å². The second-order valence-corrected chi connectivity index (χ2v) is 4.91. The van der Waals surface area contributed by atoms with E-state index in [4.69, 9.17) is 9.84 Å². The van der Waals surface area contributed by atoms with Gasteiger partial charge in [-0.15, -0.1) is 0 Å². The monoisotopic (exact) mass is 257 g/mol. The van der Waals surface area contributed by atoms with Crippen molar-refractivity contribution in [2.75, 3.05) is 20.3 Å². The molecule has 1 aliphatic rings. The molecule has 2 aromatic rings. The van der Waals surface area contributed by atoms with Gasteiger partial charge in [0, 0.05) is 18.7 Å². The molecule has 3 rings (SSSR count). The number of rotatable bonds is 4. The second-order valence-electron chi connectivity index (χ2n) is 4.91. The summed E-state index contributed by atoms with van der Waals surface area (Å²) in [5, 5.41) is 8.06. The Morgan fingerprint density at radius 1 is 1.32 bits per heavy atom. The Morgan fingerprint density at radius 3 is 2.84 bits per heavy atom. The molecule has 1 saturated heterocycles. The first-order valence-electron chi connectivity index (χ1n) is 6.74. The lowest BCUT2D eigenvalue weighted by Gasteiger charge is -2.19. The Bertz CT molecular complexity index is 517. The molecule has 1 aliphatic heterocycles. The van der Waals surface area contributed by atoms with Crippen LogP contribution in [0, 0.1) is 5.92 Å². The average molecular weight is 257 g/mol. The zero-order valence-corrected chi connectivity index (χ0v) is 11.1. The van der Waals surface area contributed by atoms with Crippen molar-refractivity contribution < 1.29 is 4.74 Å². The summed E-state index contributed by atoms with van der Waals surface area (Å²) in [5.41, 5.74) is 2.17. The predicted molar refractivity (Wildman–Crippen MR) is 74.3 cm³/mol.